The molecule has 154 valence electrons. The van der Waals surface area contributed by atoms with Gasteiger partial charge >= 0.3 is 0 Å². The first-order chi connectivity index (χ1) is 14.0. The maximum Gasteiger partial charge on any atom is 0.269 e. The van der Waals surface area contributed by atoms with E-state index in [4.69, 9.17) is 21.7 Å². The van der Waals surface area contributed by atoms with Gasteiger partial charge in [-0.3, -0.25) is 10.1 Å². The minimum Gasteiger partial charge on any atom is -0.497 e. The van der Waals surface area contributed by atoms with Crippen molar-refractivity contribution < 1.29 is 19.3 Å². The van der Waals surface area contributed by atoms with E-state index in [0.717, 1.165) is 49.9 Å². The average Bonchev–Trinajstić information content (AvgIpc) is 2.75. The third kappa shape index (κ3) is 6.03. The van der Waals surface area contributed by atoms with E-state index in [2.05, 4.69) is 10.2 Å². The molecule has 0 atom stereocenters. The minimum atomic E-state index is -0.414. The van der Waals surface area contributed by atoms with Crippen LogP contribution < -0.4 is 19.7 Å². The number of nitrogens with zero attached hydrogens (tertiary/aromatic N) is 2. The minimum absolute atomic E-state index is 0.0653. The molecule has 29 heavy (non-hydrogen) atoms. The molecule has 0 radical (unpaired) electrons. The summed E-state index contributed by atoms with van der Waals surface area (Å²) in [5.41, 5.74) is 0.818. The normalized spacial score (nSPS) is 14.3. The second kappa shape index (κ2) is 10.0. The summed E-state index contributed by atoms with van der Waals surface area (Å²) in [6.07, 6.45) is 0. The van der Waals surface area contributed by atoms with Crippen molar-refractivity contribution in [2.75, 3.05) is 51.8 Å². The summed E-state index contributed by atoms with van der Waals surface area (Å²) in [4.78, 5) is 13.9. The van der Waals surface area contributed by atoms with E-state index >= 15 is 0 Å². The molecule has 0 bridgehead atoms. The summed E-state index contributed by atoms with van der Waals surface area (Å²) < 4.78 is 11.0. The molecular formula is C20H25N4O4S+. The Kier molecular flexibility index (Phi) is 7.20. The van der Waals surface area contributed by atoms with Crippen LogP contribution in [-0.4, -0.2) is 61.4 Å². The SMILES string of the molecule is COc1ccc(OCC[NH+]2CCN(C(=S)Nc3ccc([N+](=O)[O-])cc3)CC2)cc1. The third-order valence-corrected chi connectivity index (χ3v) is 5.23. The summed E-state index contributed by atoms with van der Waals surface area (Å²) in [7, 11) is 1.64. The van der Waals surface area contributed by atoms with Crippen LogP contribution in [0.3, 0.4) is 0 Å². The van der Waals surface area contributed by atoms with Crippen molar-refractivity contribution in [1.29, 1.82) is 0 Å². The summed E-state index contributed by atoms with van der Waals surface area (Å²) in [5.74, 6) is 1.66. The number of piperazine rings is 1. The fourth-order valence-electron chi connectivity index (χ4n) is 3.13. The van der Waals surface area contributed by atoms with Gasteiger partial charge in [0.1, 0.15) is 24.7 Å². The summed E-state index contributed by atoms with van der Waals surface area (Å²) in [6.45, 7) is 5.27. The number of nitrogens with one attached hydrogen (secondary N) is 2. The number of nitro benzene ring substituents is 1. The van der Waals surface area contributed by atoms with Crippen molar-refractivity contribution in [3.8, 4) is 11.5 Å². The lowest BCUT2D eigenvalue weighted by Crippen LogP contribution is -3.15. The van der Waals surface area contributed by atoms with Gasteiger partial charge in [0.05, 0.1) is 38.2 Å². The quantitative estimate of drug-likeness (QED) is 0.402. The van der Waals surface area contributed by atoms with Crippen LogP contribution in [0.5, 0.6) is 11.5 Å². The number of thiocarbonyl (C=S) groups is 1. The zero-order chi connectivity index (χ0) is 20.6. The molecule has 1 aliphatic rings. The van der Waals surface area contributed by atoms with Crippen LogP contribution in [0.25, 0.3) is 0 Å². The standard InChI is InChI=1S/C20H24N4O4S/c1-27-18-6-8-19(9-7-18)28-15-14-22-10-12-23(13-11-22)20(29)21-16-2-4-17(5-3-16)24(25)26/h2-9H,10-15H2,1H3,(H,21,29)/p+1. The predicted octanol–water partition coefficient (Wildman–Crippen LogP) is 1.58. The van der Waals surface area contributed by atoms with Crippen molar-refractivity contribution in [3.05, 3.63) is 58.6 Å². The Hall–Kier alpha value is -2.91. The third-order valence-electron chi connectivity index (χ3n) is 4.87. The van der Waals surface area contributed by atoms with E-state index in [1.54, 1.807) is 19.2 Å². The first-order valence-corrected chi connectivity index (χ1v) is 9.87. The number of hydrogen-bond acceptors (Lipinski definition) is 5. The number of methoxy groups -OCH3 is 1. The molecule has 3 rings (SSSR count). The smallest absolute Gasteiger partial charge is 0.269 e. The van der Waals surface area contributed by atoms with E-state index < -0.39 is 4.92 Å². The molecular weight excluding hydrogens is 392 g/mol. The molecule has 0 aromatic heterocycles. The first-order valence-electron chi connectivity index (χ1n) is 9.46. The fraction of sp³-hybridized carbons (Fsp3) is 0.350. The number of anilines is 1. The number of rotatable bonds is 7. The number of quaternary nitrogens is 1. The summed E-state index contributed by atoms with van der Waals surface area (Å²) in [5, 5.41) is 14.5. The maximum absolute atomic E-state index is 10.7. The molecule has 2 N–H and O–H groups in total. The molecule has 0 amide bonds. The Morgan fingerprint density at radius 2 is 1.76 bits per heavy atom. The molecule has 0 spiro atoms. The van der Waals surface area contributed by atoms with Gasteiger partial charge < -0.3 is 24.6 Å². The number of ether oxygens (including phenoxy) is 2. The van der Waals surface area contributed by atoms with Gasteiger partial charge in [-0.05, 0) is 48.6 Å². The maximum atomic E-state index is 10.7. The van der Waals surface area contributed by atoms with Gasteiger partial charge in [-0.2, -0.15) is 0 Å². The fourth-order valence-corrected chi connectivity index (χ4v) is 3.43. The Morgan fingerprint density at radius 1 is 1.14 bits per heavy atom. The number of nitro groups is 1. The van der Waals surface area contributed by atoms with Crippen molar-refractivity contribution in [2.45, 2.75) is 0 Å². The summed E-state index contributed by atoms with van der Waals surface area (Å²) in [6, 6.07) is 13.9. The van der Waals surface area contributed by atoms with Crippen LogP contribution in [0.1, 0.15) is 0 Å². The topological polar surface area (TPSA) is 81.3 Å². The largest absolute Gasteiger partial charge is 0.497 e. The van der Waals surface area contributed by atoms with Crippen LogP contribution in [0.2, 0.25) is 0 Å². The molecule has 8 nitrogen and oxygen atoms in total. The van der Waals surface area contributed by atoms with Crippen LogP contribution in [-0.2, 0) is 0 Å². The monoisotopic (exact) mass is 417 g/mol. The van der Waals surface area contributed by atoms with Crippen molar-refractivity contribution in [1.82, 2.24) is 4.90 Å². The molecule has 1 fully saturated rings. The van der Waals surface area contributed by atoms with Gasteiger partial charge in [0.15, 0.2) is 5.11 Å². The molecule has 1 heterocycles. The van der Waals surface area contributed by atoms with Gasteiger partial charge in [-0.15, -0.1) is 0 Å². The second-order valence-electron chi connectivity index (χ2n) is 6.75. The second-order valence-corrected chi connectivity index (χ2v) is 7.13. The van der Waals surface area contributed by atoms with Crippen molar-refractivity contribution in [2.24, 2.45) is 0 Å². The predicted molar refractivity (Wildman–Crippen MR) is 115 cm³/mol. The van der Waals surface area contributed by atoms with E-state index in [0.29, 0.717) is 11.7 Å². The molecule has 0 unspecified atom stereocenters. The van der Waals surface area contributed by atoms with Crippen molar-refractivity contribution >= 4 is 28.7 Å². The van der Waals surface area contributed by atoms with Gasteiger partial charge in [-0.25, -0.2) is 0 Å². The van der Waals surface area contributed by atoms with Gasteiger partial charge in [-0.1, -0.05) is 0 Å². The molecule has 2 aromatic carbocycles. The zero-order valence-corrected chi connectivity index (χ0v) is 17.1. The number of benzene rings is 2. The van der Waals surface area contributed by atoms with Crippen LogP contribution in [0.4, 0.5) is 11.4 Å². The molecule has 1 aliphatic heterocycles. The number of hydrogen-bond donors (Lipinski definition) is 2. The Balaban J connectivity index is 1.37. The van der Waals surface area contributed by atoms with Crippen LogP contribution in [0.15, 0.2) is 48.5 Å². The highest BCUT2D eigenvalue weighted by Gasteiger charge is 2.21. The van der Waals surface area contributed by atoms with Crippen molar-refractivity contribution in [3.63, 3.8) is 0 Å². The zero-order valence-electron chi connectivity index (χ0n) is 16.3. The van der Waals surface area contributed by atoms with Crippen LogP contribution >= 0.6 is 12.2 Å². The lowest BCUT2D eigenvalue weighted by atomic mass is 10.3. The van der Waals surface area contributed by atoms with Gasteiger partial charge in [0.25, 0.3) is 5.69 Å². The van der Waals surface area contributed by atoms with Gasteiger partial charge in [0, 0.05) is 17.8 Å². The Labute approximate surface area is 175 Å². The lowest BCUT2D eigenvalue weighted by molar-refractivity contribution is -0.903. The Bertz CT molecular complexity index is 821. The lowest BCUT2D eigenvalue weighted by Gasteiger charge is -2.33. The van der Waals surface area contributed by atoms with E-state index in [9.17, 15) is 10.1 Å². The highest BCUT2D eigenvalue weighted by molar-refractivity contribution is 7.80. The number of non-ortho nitro benzene ring substituents is 1. The molecule has 0 saturated carbocycles. The highest BCUT2D eigenvalue weighted by Crippen LogP contribution is 2.17. The van der Waals surface area contributed by atoms with Gasteiger partial charge in [0.2, 0.25) is 0 Å². The Morgan fingerprint density at radius 3 is 2.34 bits per heavy atom. The molecule has 1 saturated heterocycles. The van der Waals surface area contributed by atoms with E-state index in [1.165, 1.54) is 17.0 Å². The summed E-state index contributed by atoms with van der Waals surface area (Å²) >= 11 is 5.49. The highest BCUT2D eigenvalue weighted by atomic mass is 32.1. The first kappa shape index (κ1) is 20.8. The molecule has 2 aromatic rings. The average molecular weight is 418 g/mol. The van der Waals surface area contributed by atoms with Crippen LogP contribution in [0, 0.1) is 10.1 Å². The van der Waals surface area contributed by atoms with E-state index in [1.807, 2.05) is 24.3 Å². The van der Waals surface area contributed by atoms with E-state index in [-0.39, 0.29) is 5.69 Å². The molecule has 9 heteroatoms. The molecule has 0 aliphatic carbocycles.